The monoisotopic (exact) mass is 348 g/mol. The highest BCUT2D eigenvalue weighted by molar-refractivity contribution is 9.10. The van der Waals surface area contributed by atoms with Gasteiger partial charge in [0.15, 0.2) is 0 Å². The number of nitrogens with one attached hydrogen (secondary N) is 1. The molecule has 0 saturated heterocycles. The molecule has 0 fully saturated rings. The highest BCUT2D eigenvalue weighted by Gasteiger charge is 2.04. The van der Waals surface area contributed by atoms with Crippen LogP contribution in [0.15, 0.2) is 40.9 Å². The van der Waals surface area contributed by atoms with Gasteiger partial charge in [0.2, 0.25) is 0 Å². The number of hydrogen-bond donors (Lipinski definition) is 1. The molecule has 110 valence electrons. The van der Waals surface area contributed by atoms with E-state index in [-0.39, 0.29) is 10.6 Å². The first-order valence-corrected chi connectivity index (χ1v) is 7.50. The Hall–Kier alpha value is -1.88. The molecule has 21 heavy (non-hydrogen) atoms. The fourth-order valence-corrected chi connectivity index (χ4v) is 2.41. The normalized spacial score (nSPS) is 10.4. The average molecular weight is 349 g/mol. The minimum Gasteiger partial charge on any atom is -0.385 e. The Kier molecular flexibility index (Phi) is 4.96. The fraction of sp³-hybridized carbons (Fsp3) is 0.250. The predicted molar refractivity (Wildman–Crippen MR) is 88.9 cm³/mol. The summed E-state index contributed by atoms with van der Waals surface area (Å²) in [6, 6.07) is 10.9. The number of benzene rings is 2. The summed E-state index contributed by atoms with van der Waals surface area (Å²) in [7, 11) is 0. The van der Waals surface area contributed by atoms with Gasteiger partial charge in [-0.15, -0.1) is 0 Å². The number of halogens is 1. The summed E-state index contributed by atoms with van der Waals surface area (Å²) in [4.78, 5) is 10.2. The van der Waals surface area contributed by atoms with Crippen LogP contribution in [0.4, 0.5) is 11.4 Å². The van der Waals surface area contributed by atoms with Crippen LogP contribution in [0.2, 0.25) is 0 Å². The Labute approximate surface area is 132 Å². The largest absolute Gasteiger partial charge is 0.385 e. The Morgan fingerprint density at radius 1 is 1.14 bits per heavy atom. The fourth-order valence-electron chi connectivity index (χ4n) is 2.18. The third kappa shape index (κ3) is 4.04. The van der Waals surface area contributed by atoms with Gasteiger partial charge in [-0.25, -0.2) is 0 Å². The minimum atomic E-state index is -0.380. The zero-order chi connectivity index (χ0) is 15.4. The van der Waals surface area contributed by atoms with E-state index in [0.29, 0.717) is 0 Å². The van der Waals surface area contributed by atoms with Crippen LogP contribution in [0.5, 0.6) is 0 Å². The number of nitro groups is 1. The van der Waals surface area contributed by atoms with Crippen molar-refractivity contribution < 1.29 is 4.92 Å². The Morgan fingerprint density at radius 2 is 1.71 bits per heavy atom. The summed E-state index contributed by atoms with van der Waals surface area (Å²) < 4.78 is 1.14. The summed E-state index contributed by atoms with van der Waals surface area (Å²) in [6.07, 6.45) is 0.826. The third-order valence-corrected chi connectivity index (χ3v) is 4.58. The Balaban J connectivity index is 1.94. The van der Waals surface area contributed by atoms with Crippen molar-refractivity contribution in [3.05, 3.63) is 67.7 Å². The first kappa shape index (κ1) is 15.5. The maximum atomic E-state index is 10.6. The van der Waals surface area contributed by atoms with Crippen LogP contribution in [0.1, 0.15) is 16.7 Å². The topological polar surface area (TPSA) is 55.2 Å². The molecule has 0 saturated carbocycles. The molecule has 0 aliphatic rings. The predicted octanol–water partition coefficient (Wildman–Crippen LogP) is 4.63. The molecule has 0 heterocycles. The van der Waals surface area contributed by atoms with Crippen molar-refractivity contribution in [2.75, 3.05) is 11.9 Å². The van der Waals surface area contributed by atoms with Gasteiger partial charge in [0.25, 0.3) is 5.69 Å². The summed E-state index contributed by atoms with van der Waals surface area (Å²) in [6.45, 7) is 4.93. The van der Waals surface area contributed by atoms with E-state index in [9.17, 15) is 10.1 Å². The molecule has 2 aromatic rings. The van der Waals surface area contributed by atoms with Gasteiger partial charge in [0.1, 0.15) is 0 Å². The van der Waals surface area contributed by atoms with Crippen LogP contribution in [0.25, 0.3) is 0 Å². The van der Waals surface area contributed by atoms with Gasteiger partial charge >= 0.3 is 0 Å². The highest BCUT2D eigenvalue weighted by atomic mass is 79.9. The van der Waals surface area contributed by atoms with Gasteiger partial charge in [-0.3, -0.25) is 10.1 Å². The number of non-ortho nitro benzene ring substituents is 1. The molecule has 0 aliphatic carbocycles. The zero-order valence-corrected chi connectivity index (χ0v) is 13.6. The van der Waals surface area contributed by atoms with Gasteiger partial charge < -0.3 is 5.32 Å². The highest BCUT2D eigenvalue weighted by Crippen LogP contribution is 2.25. The molecule has 4 nitrogen and oxygen atoms in total. The van der Waals surface area contributed by atoms with Crippen LogP contribution in [0, 0.1) is 24.0 Å². The maximum absolute atomic E-state index is 10.6. The van der Waals surface area contributed by atoms with Crippen LogP contribution in [-0.2, 0) is 6.42 Å². The minimum absolute atomic E-state index is 0.130. The van der Waals surface area contributed by atoms with E-state index >= 15 is 0 Å². The van der Waals surface area contributed by atoms with Crippen LogP contribution >= 0.6 is 15.9 Å². The van der Waals surface area contributed by atoms with Crippen molar-refractivity contribution in [1.82, 2.24) is 0 Å². The third-order valence-electron chi connectivity index (χ3n) is 3.33. The van der Waals surface area contributed by atoms with E-state index in [1.807, 2.05) is 0 Å². The van der Waals surface area contributed by atoms with Crippen molar-refractivity contribution in [3.63, 3.8) is 0 Å². The number of aryl methyl sites for hydroxylation is 2. The molecule has 0 radical (unpaired) electrons. The number of anilines is 1. The van der Waals surface area contributed by atoms with Crippen molar-refractivity contribution in [2.45, 2.75) is 20.3 Å². The maximum Gasteiger partial charge on any atom is 0.269 e. The van der Waals surface area contributed by atoms with Crippen molar-refractivity contribution in [3.8, 4) is 0 Å². The van der Waals surface area contributed by atoms with Gasteiger partial charge in [-0.2, -0.15) is 0 Å². The second-order valence-corrected chi connectivity index (χ2v) is 5.82. The second kappa shape index (κ2) is 6.72. The van der Waals surface area contributed by atoms with E-state index in [4.69, 9.17) is 0 Å². The molecule has 5 heteroatoms. The van der Waals surface area contributed by atoms with Crippen LogP contribution < -0.4 is 5.32 Å². The van der Waals surface area contributed by atoms with Crippen molar-refractivity contribution in [1.29, 1.82) is 0 Å². The summed E-state index contributed by atoms with van der Waals surface area (Å²) in [5, 5.41) is 14.0. The number of nitro benzene ring substituents is 1. The summed E-state index contributed by atoms with van der Waals surface area (Å²) >= 11 is 3.55. The lowest BCUT2D eigenvalue weighted by atomic mass is 10.1. The number of nitrogens with zero attached hydrogens (tertiary/aromatic N) is 1. The average Bonchev–Trinajstić information content (AvgIpc) is 2.45. The van der Waals surface area contributed by atoms with Gasteiger partial charge in [0.05, 0.1) is 4.92 Å². The molecule has 0 aromatic heterocycles. The quantitative estimate of drug-likeness (QED) is 0.633. The first-order chi connectivity index (χ1) is 9.97. The Morgan fingerprint density at radius 3 is 2.24 bits per heavy atom. The lowest BCUT2D eigenvalue weighted by Crippen LogP contribution is -2.05. The van der Waals surface area contributed by atoms with Gasteiger partial charge in [-0.05, 0) is 49.1 Å². The number of hydrogen-bond acceptors (Lipinski definition) is 3. The van der Waals surface area contributed by atoms with Crippen molar-refractivity contribution in [2.24, 2.45) is 0 Å². The van der Waals surface area contributed by atoms with E-state index in [1.54, 1.807) is 24.3 Å². The van der Waals surface area contributed by atoms with Gasteiger partial charge in [0, 0.05) is 28.8 Å². The second-order valence-electron chi connectivity index (χ2n) is 5.02. The molecule has 0 unspecified atom stereocenters. The SMILES string of the molecule is Cc1cc(NCCc2ccc([N+](=O)[O-])cc2)cc(C)c1Br. The number of rotatable bonds is 5. The summed E-state index contributed by atoms with van der Waals surface area (Å²) in [5.74, 6) is 0. The molecule has 0 spiro atoms. The smallest absolute Gasteiger partial charge is 0.269 e. The molecule has 0 aliphatic heterocycles. The summed E-state index contributed by atoms with van der Waals surface area (Å²) in [5.41, 5.74) is 4.71. The molecular formula is C16H17BrN2O2. The lowest BCUT2D eigenvalue weighted by molar-refractivity contribution is -0.384. The molecular weight excluding hydrogens is 332 g/mol. The zero-order valence-electron chi connectivity index (χ0n) is 12.0. The Bertz CT molecular complexity index is 631. The van der Waals surface area contributed by atoms with Crippen LogP contribution in [-0.4, -0.2) is 11.5 Å². The van der Waals surface area contributed by atoms with Crippen LogP contribution in [0.3, 0.4) is 0 Å². The van der Waals surface area contributed by atoms with E-state index in [2.05, 4.69) is 47.2 Å². The lowest BCUT2D eigenvalue weighted by Gasteiger charge is -2.10. The molecule has 1 N–H and O–H groups in total. The molecule has 0 amide bonds. The first-order valence-electron chi connectivity index (χ1n) is 6.71. The van der Waals surface area contributed by atoms with Crippen molar-refractivity contribution >= 4 is 27.3 Å². The molecule has 0 atom stereocenters. The van der Waals surface area contributed by atoms with Gasteiger partial charge in [-0.1, -0.05) is 28.1 Å². The molecule has 2 rings (SSSR count). The molecule has 2 aromatic carbocycles. The molecule has 0 bridgehead atoms. The van der Waals surface area contributed by atoms with E-state index in [1.165, 1.54) is 11.1 Å². The van der Waals surface area contributed by atoms with E-state index < -0.39 is 0 Å². The standard InChI is InChI=1S/C16H17BrN2O2/c1-11-9-14(10-12(2)16(11)17)18-8-7-13-3-5-15(6-4-13)19(20)21/h3-6,9-10,18H,7-8H2,1-2H3. The van der Waals surface area contributed by atoms with E-state index in [0.717, 1.165) is 28.7 Å².